The van der Waals surface area contributed by atoms with Crippen LogP contribution in [0.2, 0.25) is 0 Å². The number of hydrogen-bond acceptors (Lipinski definition) is 4. The second-order valence-electron chi connectivity index (χ2n) is 3.75. The van der Waals surface area contributed by atoms with Crippen LogP contribution in [0.3, 0.4) is 0 Å². The molecule has 0 aliphatic carbocycles. The molecule has 5 nitrogen and oxygen atoms in total. The number of nitrogens with two attached hydrogens (primary N) is 1. The predicted octanol–water partition coefficient (Wildman–Crippen LogP) is 0.621. The molecule has 0 spiro atoms. The second-order valence-corrected chi connectivity index (χ2v) is 3.75. The van der Waals surface area contributed by atoms with Crippen molar-refractivity contribution in [2.45, 2.75) is 6.92 Å². The van der Waals surface area contributed by atoms with Crippen molar-refractivity contribution < 1.29 is 9.53 Å². The molecule has 0 aromatic heterocycles. The summed E-state index contributed by atoms with van der Waals surface area (Å²) in [5, 5.41) is 0. The fourth-order valence-electron chi connectivity index (χ4n) is 1.29. The number of nitrogen functional groups attached to an aromatic ring is 1. The van der Waals surface area contributed by atoms with Gasteiger partial charge in [-0.25, -0.2) is 5.84 Å². The molecule has 0 saturated heterocycles. The Bertz CT molecular complexity index is 369. The normalized spacial score (nSPS) is 10.4. The van der Waals surface area contributed by atoms with Crippen LogP contribution in [0, 0.1) is 0 Å². The third-order valence-electron chi connectivity index (χ3n) is 2.51. The average molecular weight is 237 g/mol. The Balaban J connectivity index is 2.51. The second kappa shape index (κ2) is 6.88. The molecule has 0 bridgehead atoms. The lowest BCUT2D eigenvalue weighted by Gasteiger charge is -2.14. The zero-order chi connectivity index (χ0) is 12.7. The summed E-state index contributed by atoms with van der Waals surface area (Å²) in [7, 11) is 2.03. The number of ether oxygens (including phenoxy) is 1. The van der Waals surface area contributed by atoms with Crippen LogP contribution in [-0.4, -0.2) is 37.6 Å². The van der Waals surface area contributed by atoms with Crippen LogP contribution in [0.5, 0.6) is 5.75 Å². The van der Waals surface area contributed by atoms with Crippen molar-refractivity contribution in [3.63, 3.8) is 0 Å². The number of benzene rings is 1. The van der Waals surface area contributed by atoms with Crippen molar-refractivity contribution in [1.29, 1.82) is 0 Å². The maximum atomic E-state index is 11.3. The first-order chi connectivity index (χ1) is 8.17. The lowest BCUT2D eigenvalue weighted by molar-refractivity contribution is 0.0953. The maximum absolute atomic E-state index is 11.3. The highest BCUT2D eigenvalue weighted by Crippen LogP contribution is 2.12. The Hall–Kier alpha value is -1.59. The molecule has 1 rings (SSSR count). The molecule has 0 fully saturated rings. The summed E-state index contributed by atoms with van der Waals surface area (Å²) in [5.74, 6) is 5.42. The Morgan fingerprint density at radius 2 is 2.29 bits per heavy atom. The lowest BCUT2D eigenvalue weighted by atomic mass is 10.2. The van der Waals surface area contributed by atoms with Gasteiger partial charge >= 0.3 is 0 Å². The van der Waals surface area contributed by atoms with E-state index in [1.807, 2.05) is 13.1 Å². The minimum Gasteiger partial charge on any atom is -0.492 e. The van der Waals surface area contributed by atoms with Crippen molar-refractivity contribution in [2.75, 3.05) is 26.7 Å². The molecule has 0 atom stereocenters. The van der Waals surface area contributed by atoms with Crippen LogP contribution < -0.4 is 16.0 Å². The zero-order valence-corrected chi connectivity index (χ0v) is 10.3. The minimum absolute atomic E-state index is 0.318. The Labute approximate surface area is 102 Å². The van der Waals surface area contributed by atoms with Crippen LogP contribution in [0.15, 0.2) is 24.3 Å². The van der Waals surface area contributed by atoms with Crippen LogP contribution in [0.4, 0.5) is 0 Å². The summed E-state index contributed by atoms with van der Waals surface area (Å²) in [6.07, 6.45) is 0. The fourth-order valence-corrected chi connectivity index (χ4v) is 1.29. The van der Waals surface area contributed by atoms with Gasteiger partial charge in [0.2, 0.25) is 0 Å². The topological polar surface area (TPSA) is 67.6 Å². The highest BCUT2D eigenvalue weighted by Gasteiger charge is 2.04. The van der Waals surface area contributed by atoms with Gasteiger partial charge in [0, 0.05) is 12.1 Å². The third-order valence-corrected chi connectivity index (χ3v) is 2.51. The molecular weight excluding hydrogens is 218 g/mol. The van der Waals surface area contributed by atoms with E-state index in [0.29, 0.717) is 17.9 Å². The number of nitrogens with one attached hydrogen (secondary N) is 1. The minimum atomic E-state index is -0.318. The number of hydrazine groups is 1. The lowest BCUT2D eigenvalue weighted by Crippen LogP contribution is -2.30. The van der Waals surface area contributed by atoms with Crippen molar-refractivity contribution >= 4 is 5.91 Å². The van der Waals surface area contributed by atoms with Gasteiger partial charge in [0.15, 0.2) is 0 Å². The molecule has 0 saturated carbocycles. The molecule has 0 heterocycles. The van der Waals surface area contributed by atoms with E-state index in [9.17, 15) is 4.79 Å². The molecule has 0 aliphatic rings. The molecule has 17 heavy (non-hydrogen) atoms. The molecule has 1 amide bonds. The SMILES string of the molecule is CCN(C)CCOc1cccc(C(=O)NN)c1. The molecule has 1 aromatic rings. The Morgan fingerprint density at radius 1 is 1.53 bits per heavy atom. The Kier molecular flexibility index (Phi) is 5.45. The summed E-state index contributed by atoms with van der Waals surface area (Å²) >= 11 is 0. The number of nitrogens with zero attached hydrogens (tertiary/aromatic N) is 1. The number of likely N-dealkylation sites (N-methyl/N-ethyl adjacent to an activating group) is 1. The summed E-state index contributed by atoms with van der Waals surface area (Å²) in [6, 6.07) is 6.95. The number of hydrogen-bond donors (Lipinski definition) is 2. The van der Waals surface area contributed by atoms with Gasteiger partial charge in [-0.3, -0.25) is 10.2 Å². The standard InChI is InChI=1S/C12H19N3O2/c1-3-15(2)7-8-17-11-6-4-5-10(9-11)12(16)14-13/h4-6,9H,3,7-8,13H2,1-2H3,(H,14,16). The maximum Gasteiger partial charge on any atom is 0.265 e. The van der Waals surface area contributed by atoms with Crippen molar-refractivity contribution in [3.05, 3.63) is 29.8 Å². The molecular formula is C12H19N3O2. The van der Waals surface area contributed by atoms with E-state index < -0.39 is 0 Å². The van der Waals surface area contributed by atoms with Gasteiger partial charge in [0.25, 0.3) is 5.91 Å². The number of rotatable bonds is 6. The zero-order valence-electron chi connectivity index (χ0n) is 10.3. The third kappa shape index (κ3) is 4.42. The molecule has 0 aliphatic heterocycles. The van der Waals surface area contributed by atoms with Crippen molar-refractivity contribution in [3.8, 4) is 5.75 Å². The predicted molar refractivity (Wildman–Crippen MR) is 66.8 cm³/mol. The summed E-state index contributed by atoms with van der Waals surface area (Å²) in [6.45, 7) is 4.52. The Morgan fingerprint density at radius 3 is 2.94 bits per heavy atom. The van der Waals surface area contributed by atoms with Gasteiger partial charge in [0.1, 0.15) is 12.4 Å². The molecule has 3 N–H and O–H groups in total. The van der Waals surface area contributed by atoms with E-state index in [2.05, 4.69) is 17.2 Å². The van der Waals surface area contributed by atoms with E-state index in [4.69, 9.17) is 10.6 Å². The number of amides is 1. The molecule has 1 aromatic carbocycles. The van der Waals surface area contributed by atoms with Crippen LogP contribution in [0.1, 0.15) is 17.3 Å². The van der Waals surface area contributed by atoms with Gasteiger partial charge in [-0.05, 0) is 31.8 Å². The first kappa shape index (κ1) is 13.5. The van der Waals surface area contributed by atoms with Gasteiger partial charge < -0.3 is 9.64 Å². The molecule has 0 unspecified atom stereocenters. The van der Waals surface area contributed by atoms with E-state index in [1.54, 1.807) is 18.2 Å². The highest BCUT2D eigenvalue weighted by molar-refractivity contribution is 5.94. The summed E-state index contributed by atoms with van der Waals surface area (Å²) in [4.78, 5) is 13.4. The fraction of sp³-hybridized carbons (Fsp3) is 0.417. The quantitative estimate of drug-likeness (QED) is 0.432. The van der Waals surface area contributed by atoms with Gasteiger partial charge in [-0.1, -0.05) is 13.0 Å². The van der Waals surface area contributed by atoms with Crippen LogP contribution in [-0.2, 0) is 0 Å². The summed E-state index contributed by atoms with van der Waals surface area (Å²) < 4.78 is 5.55. The molecule has 0 radical (unpaired) electrons. The average Bonchev–Trinajstić information content (AvgIpc) is 2.38. The van der Waals surface area contributed by atoms with Gasteiger partial charge in [0.05, 0.1) is 0 Å². The van der Waals surface area contributed by atoms with E-state index >= 15 is 0 Å². The largest absolute Gasteiger partial charge is 0.492 e. The van der Waals surface area contributed by atoms with Gasteiger partial charge in [-0.15, -0.1) is 0 Å². The van der Waals surface area contributed by atoms with Crippen LogP contribution >= 0.6 is 0 Å². The number of carbonyl (C=O) groups excluding carboxylic acids is 1. The van der Waals surface area contributed by atoms with E-state index in [1.165, 1.54) is 0 Å². The number of carbonyl (C=O) groups is 1. The van der Waals surface area contributed by atoms with Crippen LogP contribution in [0.25, 0.3) is 0 Å². The molecule has 94 valence electrons. The van der Waals surface area contributed by atoms with E-state index in [0.717, 1.165) is 13.1 Å². The first-order valence-corrected chi connectivity index (χ1v) is 5.59. The molecule has 5 heteroatoms. The van der Waals surface area contributed by atoms with E-state index in [-0.39, 0.29) is 5.91 Å². The smallest absolute Gasteiger partial charge is 0.265 e. The van der Waals surface area contributed by atoms with Gasteiger partial charge in [-0.2, -0.15) is 0 Å². The highest BCUT2D eigenvalue weighted by atomic mass is 16.5. The summed E-state index contributed by atoms with van der Waals surface area (Å²) in [5.41, 5.74) is 2.58. The van der Waals surface area contributed by atoms with Crippen molar-refractivity contribution in [1.82, 2.24) is 10.3 Å². The first-order valence-electron chi connectivity index (χ1n) is 5.59. The monoisotopic (exact) mass is 237 g/mol. The van der Waals surface area contributed by atoms with Crippen molar-refractivity contribution in [2.24, 2.45) is 5.84 Å².